The van der Waals surface area contributed by atoms with Crippen molar-refractivity contribution in [1.29, 1.82) is 0 Å². The van der Waals surface area contributed by atoms with Gasteiger partial charge in [0.1, 0.15) is 12.1 Å². The molecule has 0 fully saturated rings. The lowest BCUT2D eigenvalue weighted by atomic mass is 10.1. The molecule has 0 bridgehead atoms. The Kier molecular flexibility index (Phi) is 4.10. The van der Waals surface area contributed by atoms with Crippen LogP contribution < -0.4 is 10.6 Å². The van der Waals surface area contributed by atoms with Gasteiger partial charge in [-0.3, -0.25) is 0 Å². The Morgan fingerprint density at radius 3 is 2.78 bits per heavy atom. The number of rotatable bonds is 5. The molecular formula is C14H20N4. The van der Waals surface area contributed by atoms with Crippen molar-refractivity contribution in [3.63, 3.8) is 0 Å². The molecule has 4 heteroatoms. The number of anilines is 1. The lowest BCUT2D eigenvalue weighted by Gasteiger charge is -2.25. The minimum Gasteiger partial charge on any atom is -0.356 e. The van der Waals surface area contributed by atoms with Gasteiger partial charge in [-0.25, -0.2) is 9.97 Å². The van der Waals surface area contributed by atoms with E-state index in [1.807, 2.05) is 18.2 Å². The average molecular weight is 244 g/mol. The van der Waals surface area contributed by atoms with Crippen LogP contribution in [0.3, 0.4) is 0 Å². The van der Waals surface area contributed by atoms with Gasteiger partial charge in [0.25, 0.3) is 0 Å². The monoisotopic (exact) mass is 244 g/mol. The van der Waals surface area contributed by atoms with E-state index in [4.69, 9.17) is 5.73 Å². The van der Waals surface area contributed by atoms with E-state index in [0.717, 1.165) is 29.8 Å². The SMILES string of the molecule is CCN(CC(C)CN)c1ncnc2ccccc12. The maximum Gasteiger partial charge on any atom is 0.139 e. The first-order valence-electron chi connectivity index (χ1n) is 6.41. The van der Waals surface area contributed by atoms with E-state index in [2.05, 4.69) is 34.8 Å². The molecular weight excluding hydrogens is 224 g/mol. The predicted octanol–water partition coefficient (Wildman–Crippen LogP) is 2.05. The quantitative estimate of drug-likeness (QED) is 0.874. The number of para-hydroxylation sites is 1. The molecule has 4 nitrogen and oxygen atoms in total. The van der Waals surface area contributed by atoms with Gasteiger partial charge in [-0.2, -0.15) is 0 Å². The fourth-order valence-electron chi connectivity index (χ4n) is 2.06. The van der Waals surface area contributed by atoms with Crippen molar-refractivity contribution in [2.45, 2.75) is 13.8 Å². The van der Waals surface area contributed by atoms with Gasteiger partial charge in [0.05, 0.1) is 5.52 Å². The molecule has 0 spiro atoms. The number of hydrogen-bond acceptors (Lipinski definition) is 4. The molecule has 0 aliphatic carbocycles. The zero-order valence-corrected chi connectivity index (χ0v) is 11.0. The Hall–Kier alpha value is -1.68. The largest absolute Gasteiger partial charge is 0.356 e. The van der Waals surface area contributed by atoms with E-state index in [1.165, 1.54) is 0 Å². The zero-order chi connectivity index (χ0) is 13.0. The summed E-state index contributed by atoms with van der Waals surface area (Å²) in [5.74, 6) is 1.46. The van der Waals surface area contributed by atoms with Crippen LogP contribution in [0.2, 0.25) is 0 Å². The third-order valence-corrected chi connectivity index (χ3v) is 3.14. The summed E-state index contributed by atoms with van der Waals surface area (Å²) in [6.45, 7) is 6.84. The maximum absolute atomic E-state index is 5.71. The molecule has 0 aliphatic rings. The second kappa shape index (κ2) is 5.78. The highest BCUT2D eigenvalue weighted by atomic mass is 15.2. The Labute approximate surface area is 108 Å². The van der Waals surface area contributed by atoms with E-state index in [1.54, 1.807) is 6.33 Å². The first-order chi connectivity index (χ1) is 8.76. The summed E-state index contributed by atoms with van der Waals surface area (Å²) in [6.07, 6.45) is 1.63. The van der Waals surface area contributed by atoms with Crippen molar-refractivity contribution in [3.8, 4) is 0 Å². The third kappa shape index (κ3) is 2.59. The highest BCUT2D eigenvalue weighted by Crippen LogP contribution is 2.22. The van der Waals surface area contributed by atoms with Crippen LogP contribution in [0.25, 0.3) is 10.9 Å². The van der Waals surface area contributed by atoms with Gasteiger partial charge in [0.15, 0.2) is 0 Å². The highest BCUT2D eigenvalue weighted by Gasteiger charge is 2.12. The fraction of sp³-hybridized carbons (Fsp3) is 0.429. The van der Waals surface area contributed by atoms with Crippen LogP contribution >= 0.6 is 0 Å². The molecule has 0 amide bonds. The summed E-state index contributed by atoms with van der Waals surface area (Å²) < 4.78 is 0. The molecule has 18 heavy (non-hydrogen) atoms. The predicted molar refractivity (Wildman–Crippen MR) is 75.6 cm³/mol. The second-order valence-corrected chi connectivity index (χ2v) is 4.59. The van der Waals surface area contributed by atoms with Gasteiger partial charge < -0.3 is 10.6 Å². The number of nitrogens with two attached hydrogens (primary N) is 1. The standard InChI is InChI=1S/C14H20N4/c1-3-18(9-11(2)8-15)14-12-6-4-5-7-13(12)16-10-17-14/h4-7,10-11H,3,8-9,15H2,1-2H3. The minimum absolute atomic E-state index is 0.457. The summed E-state index contributed by atoms with van der Waals surface area (Å²) in [4.78, 5) is 11.0. The van der Waals surface area contributed by atoms with Gasteiger partial charge in [0.2, 0.25) is 0 Å². The molecule has 2 aromatic rings. The molecule has 0 saturated heterocycles. The topological polar surface area (TPSA) is 55.0 Å². The summed E-state index contributed by atoms with van der Waals surface area (Å²) in [5.41, 5.74) is 6.69. The van der Waals surface area contributed by atoms with Crippen molar-refractivity contribution in [1.82, 2.24) is 9.97 Å². The molecule has 1 aromatic carbocycles. The van der Waals surface area contributed by atoms with Crippen molar-refractivity contribution in [3.05, 3.63) is 30.6 Å². The number of nitrogens with zero attached hydrogens (tertiary/aromatic N) is 3. The molecule has 0 radical (unpaired) electrons. The lowest BCUT2D eigenvalue weighted by Crippen LogP contribution is -2.32. The van der Waals surface area contributed by atoms with Crippen molar-refractivity contribution in [2.75, 3.05) is 24.5 Å². The van der Waals surface area contributed by atoms with Gasteiger partial charge in [0, 0.05) is 18.5 Å². The van der Waals surface area contributed by atoms with Gasteiger partial charge >= 0.3 is 0 Å². The molecule has 1 heterocycles. The third-order valence-electron chi connectivity index (χ3n) is 3.14. The maximum atomic E-state index is 5.71. The van der Waals surface area contributed by atoms with Crippen LogP contribution in [0.5, 0.6) is 0 Å². The van der Waals surface area contributed by atoms with Gasteiger partial charge in [-0.15, -0.1) is 0 Å². The average Bonchev–Trinajstić information content (AvgIpc) is 2.44. The summed E-state index contributed by atoms with van der Waals surface area (Å²) >= 11 is 0. The number of benzene rings is 1. The molecule has 0 aliphatic heterocycles. The van der Waals surface area contributed by atoms with Crippen LogP contribution in [0, 0.1) is 5.92 Å². The number of aromatic nitrogens is 2. The highest BCUT2D eigenvalue weighted by molar-refractivity contribution is 5.89. The van der Waals surface area contributed by atoms with E-state index >= 15 is 0 Å². The molecule has 1 atom stereocenters. The number of fused-ring (bicyclic) bond motifs is 1. The second-order valence-electron chi connectivity index (χ2n) is 4.59. The van der Waals surface area contributed by atoms with E-state index in [-0.39, 0.29) is 0 Å². The Morgan fingerprint density at radius 1 is 1.28 bits per heavy atom. The van der Waals surface area contributed by atoms with Crippen molar-refractivity contribution >= 4 is 16.7 Å². The Balaban J connectivity index is 2.38. The van der Waals surface area contributed by atoms with Crippen LogP contribution in [-0.2, 0) is 0 Å². The van der Waals surface area contributed by atoms with Crippen molar-refractivity contribution < 1.29 is 0 Å². The smallest absolute Gasteiger partial charge is 0.139 e. The van der Waals surface area contributed by atoms with Crippen LogP contribution in [0.4, 0.5) is 5.82 Å². The van der Waals surface area contributed by atoms with E-state index in [0.29, 0.717) is 12.5 Å². The Morgan fingerprint density at radius 2 is 2.06 bits per heavy atom. The summed E-state index contributed by atoms with van der Waals surface area (Å²) in [6, 6.07) is 8.11. The minimum atomic E-state index is 0.457. The first-order valence-corrected chi connectivity index (χ1v) is 6.41. The normalized spacial score (nSPS) is 12.6. The van der Waals surface area contributed by atoms with Crippen molar-refractivity contribution in [2.24, 2.45) is 11.7 Å². The van der Waals surface area contributed by atoms with Crippen LogP contribution in [-0.4, -0.2) is 29.6 Å². The summed E-state index contributed by atoms with van der Waals surface area (Å²) in [5, 5.41) is 1.10. The first kappa shape index (κ1) is 12.8. The molecule has 0 saturated carbocycles. The zero-order valence-electron chi connectivity index (χ0n) is 11.0. The lowest BCUT2D eigenvalue weighted by molar-refractivity contribution is 0.574. The van der Waals surface area contributed by atoms with Gasteiger partial charge in [-0.05, 0) is 31.5 Å². The van der Waals surface area contributed by atoms with E-state index < -0.39 is 0 Å². The summed E-state index contributed by atoms with van der Waals surface area (Å²) in [7, 11) is 0. The molecule has 1 unspecified atom stereocenters. The number of hydrogen-bond donors (Lipinski definition) is 1. The molecule has 1 aromatic heterocycles. The Bertz CT molecular complexity index is 507. The fourth-order valence-corrected chi connectivity index (χ4v) is 2.06. The molecule has 96 valence electrons. The molecule has 2 N–H and O–H groups in total. The van der Waals surface area contributed by atoms with Gasteiger partial charge in [-0.1, -0.05) is 19.1 Å². The van der Waals surface area contributed by atoms with Crippen LogP contribution in [0.1, 0.15) is 13.8 Å². The van der Waals surface area contributed by atoms with Crippen LogP contribution in [0.15, 0.2) is 30.6 Å². The molecule has 2 rings (SSSR count). The van der Waals surface area contributed by atoms with E-state index in [9.17, 15) is 0 Å².